The molecule has 1 aromatic carbocycles. The molecule has 1 aliphatic rings. The molecule has 3 rings (SSSR count). The summed E-state index contributed by atoms with van der Waals surface area (Å²) in [5, 5.41) is 7.13. The van der Waals surface area contributed by atoms with Crippen molar-refractivity contribution in [1.29, 1.82) is 0 Å². The molecule has 0 saturated carbocycles. The minimum atomic E-state index is 0. The van der Waals surface area contributed by atoms with Crippen molar-refractivity contribution >= 4 is 29.9 Å². The van der Waals surface area contributed by atoms with E-state index in [0.717, 1.165) is 25.5 Å². The Balaban J connectivity index is 0.00000225. The van der Waals surface area contributed by atoms with Gasteiger partial charge in [-0.3, -0.25) is 4.99 Å². The number of piperidine rings is 1. The van der Waals surface area contributed by atoms with Gasteiger partial charge in [-0.1, -0.05) is 42.4 Å². The third-order valence-corrected chi connectivity index (χ3v) is 4.61. The zero-order valence-electron chi connectivity index (χ0n) is 15.0. The van der Waals surface area contributed by atoms with E-state index < -0.39 is 0 Å². The molecular formula is C18H26IN5O. The highest BCUT2D eigenvalue weighted by molar-refractivity contribution is 14.0. The zero-order valence-corrected chi connectivity index (χ0v) is 17.3. The van der Waals surface area contributed by atoms with Crippen LogP contribution in [0.5, 0.6) is 0 Å². The number of hydrogen-bond acceptors (Lipinski definition) is 4. The molecule has 1 aromatic heterocycles. The van der Waals surface area contributed by atoms with Crippen LogP contribution in [-0.2, 0) is 6.54 Å². The second-order valence-electron chi connectivity index (χ2n) is 6.37. The minimum Gasteiger partial charge on any atom is -0.347 e. The lowest BCUT2D eigenvalue weighted by molar-refractivity contribution is 0.233. The second kappa shape index (κ2) is 9.17. The highest BCUT2D eigenvalue weighted by Gasteiger charge is 2.28. The van der Waals surface area contributed by atoms with Crippen LogP contribution in [0, 0.1) is 12.8 Å². The van der Waals surface area contributed by atoms with Gasteiger partial charge in [0, 0.05) is 20.1 Å². The predicted octanol–water partition coefficient (Wildman–Crippen LogP) is 3.20. The van der Waals surface area contributed by atoms with Crippen LogP contribution in [0.15, 0.2) is 39.8 Å². The number of halogens is 1. The molecule has 2 aromatic rings. The molecule has 2 unspecified atom stereocenters. The van der Waals surface area contributed by atoms with E-state index in [1.807, 2.05) is 14.0 Å². The van der Waals surface area contributed by atoms with Crippen molar-refractivity contribution in [3.05, 3.63) is 47.6 Å². The summed E-state index contributed by atoms with van der Waals surface area (Å²) in [6, 6.07) is 10.8. The number of aliphatic imine (C=N–C) groups is 1. The molecule has 0 radical (unpaired) electrons. The number of hydrogen-bond donors (Lipinski definition) is 1. The fourth-order valence-corrected chi connectivity index (χ4v) is 3.43. The molecular weight excluding hydrogens is 429 g/mol. The Labute approximate surface area is 166 Å². The third-order valence-electron chi connectivity index (χ3n) is 4.61. The molecule has 0 spiro atoms. The van der Waals surface area contributed by atoms with Crippen LogP contribution in [0.4, 0.5) is 0 Å². The van der Waals surface area contributed by atoms with Gasteiger partial charge in [0.2, 0.25) is 5.89 Å². The van der Waals surface area contributed by atoms with E-state index in [1.54, 1.807) is 0 Å². The molecule has 6 nitrogen and oxygen atoms in total. The maximum absolute atomic E-state index is 5.15. The van der Waals surface area contributed by atoms with Gasteiger partial charge in [-0.15, -0.1) is 24.0 Å². The number of nitrogens with zero attached hydrogens (tertiary/aromatic N) is 4. The predicted molar refractivity (Wildman–Crippen MR) is 109 cm³/mol. The van der Waals surface area contributed by atoms with Gasteiger partial charge in [0.15, 0.2) is 11.8 Å². The van der Waals surface area contributed by atoms with Gasteiger partial charge in [0.1, 0.15) is 0 Å². The number of rotatable bonds is 3. The van der Waals surface area contributed by atoms with E-state index in [4.69, 9.17) is 4.52 Å². The van der Waals surface area contributed by atoms with Crippen LogP contribution in [0.25, 0.3) is 0 Å². The molecule has 1 N–H and O–H groups in total. The molecule has 136 valence electrons. The number of nitrogens with one attached hydrogen (secondary N) is 1. The van der Waals surface area contributed by atoms with Gasteiger partial charge in [0.05, 0.1) is 6.54 Å². The lowest BCUT2D eigenvalue weighted by Gasteiger charge is -2.38. The topological polar surface area (TPSA) is 66.5 Å². The molecule has 0 amide bonds. The van der Waals surface area contributed by atoms with Crippen LogP contribution in [0.2, 0.25) is 0 Å². The number of guanidine groups is 1. The minimum absolute atomic E-state index is 0. The van der Waals surface area contributed by atoms with Crippen molar-refractivity contribution < 1.29 is 4.52 Å². The van der Waals surface area contributed by atoms with Crippen molar-refractivity contribution in [2.75, 3.05) is 20.1 Å². The standard InChI is InChI=1S/C18H25N5O.HI/c1-13-12-23(10-9-16(13)15-7-5-4-6-8-15)18(19-3)20-11-17-21-14(2)22-24-17;/h4-8,13,16H,9-12H2,1-3H3,(H,19,20);1H. The summed E-state index contributed by atoms with van der Waals surface area (Å²) in [6.45, 7) is 6.62. The summed E-state index contributed by atoms with van der Waals surface area (Å²) in [7, 11) is 1.81. The molecule has 0 aliphatic carbocycles. The van der Waals surface area contributed by atoms with Crippen LogP contribution in [0.3, 0.4) is 0 Å². The largest absolute Gasteiger partial charge is 0.347 e. The Kier molecular flexibility index (Phi) is 7.22. The van der Waals surface area contributed by atoms with Crippen LogP contribution >= 0.6 is 24.0 Å². The molecule has 1 fully saturated rings. The van der Waals surface area contributed by atoms with Crippen molar-refractivity contribution in [1.82, 2.24) is 20.4 Å². The quantitative estimate of drug-likeness (QED) is 0.438. The maximum atomic E-state index is 5.15. The van der Waals surface area contributed by atoms with Gasteiger partial charge in [0.25, 0.3) is 0 Å². The fourth-order valence-electron chi connectivity index (χ4n) is 3.43. The number of aromatic nitrogens is 2. The summed E-state index contributed by atoms with van der Waals surface area (Å²) in [5.74, 6) is 3.31. The Hall–Kier alpha value is -1.64. The number of likely N-dealkylation sites (tertiary alicyclic amines) is 1. The Bertz CT molecular complexity index is 688. The summed E-state index contributed by atoms with van der Waals surface area (Å²) in [4.78, 5) is 10.9. The molecule has 25 heavy (non-hydrogen) atoms. The zero-order chi connectivity index (χ0) is 16.9. The fraction of sp³-hybridized carbons (Fsp3) is 0.500. The molecule has 2 atom stereocenters. The molecule has 1 saturated heterocycles. The Morgan fingerprint density at radius 3 is 2.72 bits per heavy atom. The van der Waals surface area contributed by atoms with E-state index in [0.29, 0.717) is 30.1 Å². The highest BCUT2D eigenvalue weighted by Crippen LogP contribution is 2.32. The van der Waals surface area contributed by atoms with Crippen molar-refractivity contribution in [2.24, 2.45) is 10.9 Å². The summed E-state index contributed by atoms with van der Waals surface area (Å²) in [5.41, 5.74) is 1.44. The summed E-state index contributed by atoms with van der Waals surface area (Å²) in [6.07, 6.45) is 1.13. The van der Waals surface area contributed by atoms with Crippen molar-refractivity contribution in [2.45, 2.75) is 32.7 Å². The Morgan fingerprint density at radius 1 is 1.36 bits per heavy atom. The van der Waals surface area contributed by atoms with E-state index in [-0.39, 0.29) is 24.0 Å². The number of benzene rings is 1. The SMILES string of the molecule is CN=C(NCc1nc(C)no1)N1CCC(c2ccccc2)C(C)C1.I. The lowest BCUT2D eigenvalue weighted by Crippen LogP contribution is -2.47. The van der Waals surface area contributed by atoms with Crippen LogP contribution in [-0.4, -0.2) is 41.1 Å². The third kappa shape index (κ3) is 4.93. The first-order valence-corrected chi connectivity index (χ1v) is 8.47. The molecule has 7 heteroatoms. The van der Waals surface area contributed by atoms with Gasteiger partial charge < -0.3 is 14.7 Å². The number of aryl methyl sites for hydroxylation is 1. The van der Waals surface area contributed by atoms with E-state index >= 15 is 0 Å². The first kappa shape index (κ1) is 19.7. The smallest absolute Gasteiger partial charge is 0.246 e. The molecule has 1 aliphatic heterocycles. The summed E-state index contributed by atoms with van der Waals surface area (Å²) >= 11 is 0. The van der Waals surface area contributed by atoms with Crippen molar-refractivity contribution in [3.8, 4) is 0 Å². The van der Waals surface area contributed by atoms with Gasteiger partial charge >= 0.3 is 0 Å². The Morgan fingerprint density at radius 2 is 2.12 bits per heavy atom. The van der Waals surface area contributed by atoms with E-state index in [9.17, 15) is 0 Å². The van der Waals surface area contributed by atoms with E-state index in [1.165, 1.54) is 5.56 Å². The first-order chi connectivity index (χ1) is 11.7. The average Bonchev–Trinajstić information content (AvgIpc) is 3.02. The lowest BCUT2D eigenvalue weighted by atomic mass is 9.82. The monoisotopic (exact) mass is 455 g/mol. The molecule has 2 heterocycles. The average molecular weight is 455 g/mol. The van der Waals surface area contributed by atoms with Gasteiger partial charge in [-0.05, 0) is 30.7 Å². The van der Waals surface area contributed by atoms with Crippen LogP contribution in [0.1, 0.15) is 36.5 Å². The second-order valence-corrected chi connectivity index (χ2v) is 6.37. The van der Waals surface area contributed by atoms with Crippen LogP contribution < -0.4 is 5.32 Å². The maximum Gasteiger partial charge on any atom is 0.246 e. The van der Waals surface area contributed by atoms with Gasteiger partial charge in [-0.25, -0.2) is 0 Å². The normalized spacial score (nSPS) is 20.9. The highest BCUT2D eigenvalue weighted by atomic mass is 127. The van der Waals surface area contributed by atoms with E-state index in [2.05, 4.69) is 62.6 Å². The van der Waals surface area contributed by atoms with Gasteiger partial charge in [-0.2, -0.15) is 4.98 Å². The van der Waals surface area contributed by atoms with Crippen molar-refractivity contribution in [3.63, 3.8) is 0 Å². The first-order valence-electron chi connectivity index (χ1n) is 8.47. The molecule has 0 bridgehead atoms. The summed E-state index contributed by atoms with van der Waals surface area (Å²) < 4.78 is 5.15.